The van der Waals surface area contributed by atoms with Crippen LogP contribution in [0.4, 0.5) is 0 Å². The van der Waals surface area contributed by atoms with Crippen LogP contribution in [0.3, 0.4) is 0 Å². The van der Waals surface area contributed by atoms with Gasteiger partial charge >= 0.3 is 5.97 Å². The minimum atomic E-state index is -0.840. The molecule has 1 heterocycles. The van der Waals surface area contributed by atoms with E-state index in [1.54, 1.807) is 7.11 Å². The predicted octanol–water partition coefficient (Wildman–Crippen LogP) is 3.52. The van der Waals surface area contributed by atoms with E-state index >= 15 is 0 Å². The topological polar surface area (TPSA) is 59.4 Å². The summed E-state index contributed by atoms with van der Waals surface area (Å²) in [6.07, 6.45) is 7.56. The summed E-state index contributed by atoms with van der Waals surface area (Å²) >= 11 is 1.33. The van der Waals surface area contributed by atoms with Crippen molar-refractivity contribution in [3.63, 3.8) is 0 Å². The minimum Gasteiger partial charge on any atom is -0.477 e. The molecule has 2 saturated carbocycles. The molecule has 0 atom stereocenters. The van der Waals surface area contributed by atoms with E-state index in [1.807, 2.05) is 0 Å². The number of aromatic carboxylic acids is 1. The Morgan fingerprint density at radius 3 is 2.58 bits per heavy atom. The van der Waals surface area contributed by atoms with Crippen molar-refractivity contribution < 1.29 is 14.6 Å². The Morgan fingerprint density at radius 2 is 2.05 bits per heavy atom. The molecule has 0 aromatic carbocycles. The van der Waals surface area contributed by atoms with E-state index in [9.17, 15) is 9.90 Å². The number of hydrogen-bond acceptors (Lipinski definition) is 4. The van der Waals surface area contributed by atoms with Crippen LogP contribution in [-0.2, 0) is 10.3 Å². The standard InChI is InChI=1S/C14H19NO3S/c1-18-14(7-3-2-4-8-14)13-15-10(9-5-6-9)11(19-13)12(16)17/h9H,2-8H2,1H3,(H,16,17). The molecule has 0 bridgehead atoms. The number of ether oxygens (including phenoxy) is 1. The van der Waals surface area contributed by atoms with Crippen LogP contribution < -0.4 is 0 Å². The number of aromatic nitrogens is 1. The van der Waals surface area contributed by atoms with Gasteiger partial charge in [-0.2, -0.15) is 0 Å². The summed E-state index contributed by atoms with van der Waals surface area (Å²) in [6.45, 7) is 0. The van der Waals surface area contributed by atoms with Gasteiger partial charge in [-0.1, -0.05) is 19.3 Å². The first-order chi connectivity index (χ1) is 9.16. The van der Waals surface area contributed by atoms with Crippen LogP contribution in [0.2, 0.25) is 0 Å². The molecule has 0 amide bonds. The average Bonchev–Trinajstić information content (AvgIpc) is 3.17. The van der Waals surface area contributed by atoms with Gasteiger partial charge in [0.2, 0.25) is 0 Å². The second kappa shape index (κ2) is 4.87. The van der Waals surface area contributed by atoms with Crippen molar-refractivity contribution >= 4 is 17.3 Å². The Kier molecular flexibility index (Phi) is 3.35. The van der Waals surface area contributed by atoms with Gasteiger partial charge in [-0.15, -0.1) is 11.3 Å². The van der Waals surface area contributed by atoms with E-state index in [1.165, 1.54) is 17.8 Å². The van der Waals surface area contributed by atoms with E-state index < -0.39 is 5.97 Å². The smallest absolute Gasteiger partial charge is 0.347 e. The maximum absolute atomic E-state index is 11.4. The third-order valence-corrected chi connectivity index (χ3v) is 5.50. The Bertz CT molecular complexity index is 487. The molecule has 2 fully saturated rings. The maximum atomic E-state index is 11.4. The number of carboxylic acids is 1. The molecule has 0 radical (unpaired) electrons. The number of nitrogens with zero attached hydrogens (tertiary/aromatic N) is 1. The van der Waals surface area contributed by atoms with Crippen LogP contribution in [0, 0.1) is 0 Å². The van der Waals surface area contributed by atoms with E-state index in [-0.39, 0.29) is 5.60 Å². The molecule has 3 rings (SSSR count). The van der Waals surface area contributed by atoms with Crippen molar-refractivity contribution in [3.05, 3.63) is 15.6 Å². The van der Waals surface area contributed by atoms with E-state index in [4.69, 9.17) is 4.74 Å². The zero-order chi connectivity index (χ0) is 13.5. The van der Waals surface area contributed by atoms with Gasteiger partial charge in [0.05, 0.1) is 5.69 Å². The number of carbonyl (C=O) groups is 1. The van der Waals surface area contributed by atoms with E-state index in [0.717, 1.165) is 49.2 Å². The van der Waals surface area contributed by atoms with Crippen LogP contribution in [0.5, 0.6) is 0 Å². The van der Waals surface area contributed by atoms with Crippen molar-refractivity contribution in [2.75, 3.05) is 7.11 Å². The van der Waals surface area contributed by atoms with Gasteiger partial charge in [0, 0.05) is 13.0 Å². The largest absolute Gasteiger partial charge is 0.477 e. The van der Waals surface area contributed by atoms with Crippen LogP contribution in [-0.4, -0.2) is 23.2 Å². The van der Waals surface area contributed by atoms with Crippen molar-refractivity contribution in [1.29, 1.82) is 0 Å². The molecule has 0 aliphatic heterocycles. The Hall–Kier alpha value is -0.940. The summed E-state index contributed by atoms with van der Waals surface area (Å²) in [5.74, 6) is -0.471. The molecule has 0 saturated heterocycles. The van der Waals surface area contributed by atoms with E-state index in [0.29, 0.717) is 10.8 Å². The summed E-state index contributed by atoms with van der Waals surface area (Å²) in [7, 11) is 1.73. The molecule has 4 nitrogen and oxygen atoms in total. The van der Waals surface area contributed by atoms with Crippen LogP contribution in [0.25, 0.3) is 0 Å². The van der Waals surface area contributed by atoms with Gasteiger partial charge < -0.3 is 9.84 Å². The summed E-state index contributed by atoms with van der Waals surface area (Å²) in [6, 6.07) is 0. The first-order valence-electron chi connectivity index (χ1n) is 6.96. The van der Waals surface area contributed by atoms with Crippen LogP contribution in [0.15, 0.2) is 0 Å². The van der Waals surface area contributed by atoms with Crippen LogP contribution in [0.1, 0.15) is 71.2 Å². The number of rotatable bonds is 4. The summed E-state index contributed by atoms with van der Waals surface area (Å²) < 4.78 is 5.77. The molecule has 104 valence electrons. The summed E-state index contributed by atoms with van der Waals surface area (Å²) in [5.41, 5.74) is 0.467. The number of carboxylic acid groups (broad SMARTS) is 1. The van der Waals surface area contributed by atoms with Crippen LogP contribution >= 0.6 is 11.3 Å². The Morgan fingerprint density at radius 1 is 1.37 bits per heavy atom. The molecule has 2 aliphatic carbocycles. The molecular weight excluding hydrogens is 262 g/mol. The number of thiazole rings is 1. The molecule has 5 heteroatoms. The van der Waals surface area contributed by atoms with Gasteiger partial charge in [-0.05, 0) is 25.7 Å². The molecule has 0 spiro atoms. The number of hydrogen-bond donors (Lipinski definition) is 1. The van der Waals surface area contributed by atoms with Gasteiger partial charge in [-0.3, -0.25) is 0 Å². The number of methoxy groups -OCH3 is 1. The lowest BCUT2D eigenvalue weighted by Crippen LogP contribution is -2.30. The normalized spacial score (nSPS) is 22.4. The molecule has 19 heavy (non-hydrogen) atoms. The second-order valence-corrected chi connectivity index (χ2v) is 6.57. The fourth-order valence-corrected chi connectivity index (χ4v) is 4.16. The summed E-state index contributed by atoms with van der Waals surface area (Å²) in [5, 5.41) is 10.2. The SMILES string of the molecule is COC1(c2nc(C3CC3)c(C(=O)O)s2)CCCCC1. The fraction of sp³-hybridized carbons (Fsp3) is 0.714. The fourth-order valence-electron chi connectivity index (χ4n) is 2.94. The highest BCUT2D eigenvalue weighted by atomic mass is 32.1. The zero-order valence-corrected chi connectivity index (χ0v) is 12.0. The third kappa shape index (κ3) is 2.30. The highest BCUT2D eigenvalue weighted by Crippen LogP contribution is 2.47. The summed E-state index contributed by atoms with van der Waals surface area (Å²) in [4.78, 5) is 16.5. The first-order valence-corrected chi connectivity index (χ1v) is 7.77. The third-order valence-electron chi connectivity index (χ3n) is 4.25. The zero-order valence-electron chi connectivity index (χ0n) is 11.1. The van der Waals surface area contributed by atoms with Gasteiger partial charge in [-0.25, -0.2) is 9.78 Å². The Balaban J connectivity index is 1.99. The predicted molar refractivity (Wildman–Crippen MR) is 72.8 cm³/mol. The quantitative estimate of drug-likeness (QED) is 0.917. The molecule has 1 aromatic rings. The van der Waals surface area contributed by atoms with E-state index in [2.05, 4.69) is 4.98 Å². The van der Waals surface area contributed by atoms with Crippen molar-refractivity contribution in [1.82, 2.24) is 4.98 Å². The van der Waals surface area contributed by atoms with Gasteiger partial charge in [0.25, 0.3) is 0 Å². The lowest BCUT2D eigenvalue weighted by Gasteiger charge is -2.34. The molecule has 1 N–H and O–H groups in total. The highest BCUT2D eigenvalue weighted by molar-refractivity contribution is 7.13. The van der Waals surface area contributed by atoms with Crippen molar-refractivity contribution in [3.8, 4) is 0 Å². The van der Waals surface area contributed by atoms with Gasteiger partial charge in [0.1, 0.15) is 15.5 Å². The lowest BCUT2D eigenvalue weighted by molar-refractivity contribution is -0.0447. The Labute approximate surface area is 116 Å². The minimum absolute atomic E-state index is 0.333. The maximum Gasteiger partial charge on any atom is 0.347 e. The van der Waals surface area contributed by atoms with Gasteiger partial charge in [0.15, 0.2) is 0 Å². The van der Waals surface area contributed by atoms with Crippen molar-refractivity contribution in [2.45, 2.75) is 56.5 Å². The van der Waals surface area contributed by atoms with Crippen molar-refractivity contribution in [2.24, 2.45) is 0 Å². The second-order valence-electron chi connectivity index (χ2n) is 5.57. The molecular formula is C14H19NO3S. The molecule has 1 aromatic heterocycles. The average molecular weight is 281 g/mol. The molecule has 0 unspecified atom stereocenters. The lowest BCUT2D eigenvalue weighted by atomic mass is 9.85. The molecule has 2 aliphatic rings. The monoisotopic (exact) mass is 281 g/mol. The first kappa shape index (κ1) is 13.1. The highest BCUT2D eigenvalue weighted by Gasteiger charge is 2.40.